The minimum Gasteiger partial charge on any atom is -0.316 e. The van der Waals surface area contributed by atoms with Gasteiger partial charge in [-0.1, -0.05) is 13.8 Å². The maximum Gasteiger partial charge on any atom is 0.279 e. The molecule has 1 heterocycles. The molecular weight excluding hydrogens is 306 g/mol. The van der Waals surface area contributed by atoms with E-state index in [9.17, 15) is 8.42 Å². The first-order chi connectivity index (χ1) is 9.99. The van der Waals surface area contributed by atoms with Gasteiger partial charge in [0.1, 0.15) is 0 Å². The van der Waals surface area contributed by atoms with Crippen LogP contribution in [0.25, 0.3) is 0 Å². The third-order valence-corrected chi connectivity index (χ3v) is 6.67. The van der Waals surface area contributed by atoms with E-state index in [-0.39, 0.29) is 0 Å². The van der Waals surface area contributed by atoms with Crippen molar-refractivity contribution in [2.24, 2.45) is 5.92 Å². The monoisotopic (exact) mass is 337 g/mol. The average molecular weight is 338 g/mol. The summed E-state index contributed by atoms with van der Waals surface area (Å²) in [5.74, 6) is 0.611. The van der Waals surface area contributed by atoms with Crippen LogP contribution >= 0.6 is 11.8 Å². The molecule has 0 bridgehead atoms. The molecule has 0 amide bonds. The maximum absolute atomic E-state index is 12.2. The average Bonchev–Trinajstić information content (AvgIpc) is 2.47. The van der Waals surface area contributed by atoms with E-state index >= 15 is 0 Å². The van der Waals surface area contributed by atoms with Gasteiger partial charge in [0, 0.05) is 24.9 Å². The molecule has 2 N–H and O–H groups in total. The van der Waals surface area contributed by atoms with Crippen LogP contribution in [0, 0.1) is 5.92 Å². The van der Waals surface area contributed by atoms with E-state index in [1.54, 1.807) is 16.1 Å². The van der Waals surface area contributed by atoms with Gasteiger partial charge in [-0.15, -0.1) is 0 Å². The maximum atomic E-state index is 12.2. The van der Waals surface area contributed by atoms with Crippen LogP contribution in [0.3, 0.4) is 0 Å². The Balaban J connectivity index is 2.28. The van der Waals surface area contributed by atoms with Crippen molar-refractivity contribution < 1.29 is 8.42 Å². The summed E-state index contributed by atoms with van der Waals surface area (Å²) in [6.45, 7) is 8.16. The van der Waals surface area contributed by atoms with Gasteiger partial charge in [0.05, 0.1) is 0 Å². The topological polar surface area (TPSA) is 61.4 Å². The summed E-state index contributed by atoms with van der Waals surface area (Å²) in [5.41, 5.74) is 0. The molecule has 0 aromatic heterocycles. The Kier molecular flexibility index (Phi) is 9.20. The summed E-state index contributed by atoms with van der Waals surface area (Å²) >= 11 is 1.77. The summed E-state index contributed by atoms with van der Waals surface area (Å²) in [4.78, 5) is 0. The molecule has 1 aliphatic heterocycles. The van der Waals surface area contributed by atoms with Gasteiger partial charge in [-0.2, -0.15) is 24.5 Å². The van der Waals surface area contributed by atoms with Crippen LogP contribution < -0.4 is 10.0 Å². The molecule has 0 aromatic rings. The highest BCUT2D eigenvalue weighted by Gasteiger charge is 2.27. The zero-order valence-electron chi connectivity index (χ0n) is 13.6. The third-order valence-electron chi connectivity index (χ3n) is 4.01. The zero-order chi connectivity index (χ0) is 15.7. The van der Waals surface area contributed by atoms with E-state index in [4.69, 9.17) is 0 Å². The van der Waals surface area contributed by atoms with E-state index in [0.29, 0.717) is 30.8 Å². The fraction of sp³-hybridized carbons (Fsp3) is 1.00. The molecule has 0 aromatic carbocycles. The molecule has 1 unspecified atom stereocenters. The first-order valence-corrected chi connectivity index (χ1v) is 10.7. The van der Waals surface area contributed by atoms with Gasteiger partial charge in [-0.05, 0) is 50.9 Å². The lowest BCUT2D eigenvalue weighted by atomic mass is 9.98. The van der Waals surface area contributed by atoms with Crippen LogP contribution in [0.15, 0.2) is 0 Å². The van der Waals surface area contributed by atoms with Crippen molar-refractivity contribution in [3.05, 3.63) is 0 Å². The number of hydrogen-bond donors (Lipinski definition) is 2. The molecule has 126 valence electrons. The Bertz CT molecular complexity index is 368. The smallest absolute Gasteiger partial charge is 0.279 e. The number of rotatable bonds is 10. The van der Waals surface area contributed by atoms with Gasteiger partial charge in [0.2, 0.25) is 0 Å². The Hall–Kier alpha value is 0.180. The quantitative estimate of drug-likeness (QED) is 0.595. The summed E-state index contributed by atoms with van der Waals surface area (Å²) in [7, 11) is -3.28. The van der Waals surface area contributed by atoms with Crippen LogP contribution in [-0.2, 0) is 10.2 Å². The highest BCUT2D eigenvalue weighted by Crippen LogP contribution is 2.18. The SMILES string of the molecule is CCCNCC1CCN(S(=O)(=O)NCCC(C)SC)CC1. The second kappa shape index (κ2) is 10.0. The summed E-state index contributed by atoms with van der Waals surface area (Å²) in [6, 6.07) is 0. The Morgan fingerprint density at radius 2 is 1.95 bits per heavy atom. The van der Waals surface area contributed by atoms with Gasteiger partial charge in [-0.25, -0.2) is 4.72 Å². The standard InChI is InChI=1S/C14H31N3O2S2/c1-4-8-15-12-14-6-10-17(11-7-14)21(18,19)16-9-5-13(2)20-3/h13-16H,4-12H2,1-3H3. The minimum absolute atomic E-state index is 0.489. The molecule has 1 aliphatic rings. The van der Waals surface area contributed by atoms with Gasteiger partial charge in [-0.3, -0.25) is 0 Å². The lowest BCUT2D eigenvalue weighted by Crippen LogP contribution is -2.46. The fourth-order valence-corrected chi connectivity index (χ4v) is 4.04. The van der Waals surface area contributed by atoms with Crippen molar-refractivity contribution in [2.75, 3.05) is 39.0 Å². The molecule has 7 heteroatoms. The highest BCUT2D eigenvalue weighted by atomic mass is 32.2. The van der Waals surface area contributed by atoms with Crippen molar-refractivity contribution >= 4 is 22.0 Å². The number of hydrogen-bond acceptors (Lipinski definition) is 4. The molecule has 1 atom stereocenters. The van der Waals surface area contributed by atoms with Crippen molar-refractivity contribution in [3.8, 4) is 0 Å². The largest absolute Gasteiger partial charge is 0.316 e. The van der Waals surface area contributed by atoms with Crippen LogP contribution in [0.4, 0.5) is 0 Å². The third kappa shape index (κ3) is 7.32. The number of nitrogens with zero attached hydrogens (tertiary/aromatic N) is 1. The van der Waals surface area contributed by atoms with E-state index < -0.39 is 10.2 Å². The number of piperidine rings is 1. The van der Waals surface area contributed by atoms with Gasteiger partial charge in [0.25, 0.3) is 10.2 Å². The predicted molar refractivity (Wildman–Crippen MR) is 92.0 cm³/mol. The minimum atomic E-state index is -3.28. The van der Waals surface area contributed by atoms with Gasteiger partial charge in [0.15, 0.2) is 0 Å². The Morgan fingerprint density at radius 3 is 2.52 bits per heavy atom. The highest BCUT2D eigenvalue weighted by molar-refractivity contribution is 7.99. The normalized spacial score (nSPS) is 19.8. The molecule has 5 nitrogen and oxygen atoms in total. The van der Waals surface area contributed by atoms with Crippen molar-refractivity contribution in [2.45, 2.75) is 44.8 Å². The molecule has 21 heavy (non-hydrogen) atoms. The molecule has 0 radical (unpaired) electrons. The van der Waals surface area contributed by atoms with E-state index in [0.717, 1.165) is 38.8 Å². The number of nitrogens with one attached hydrogen (secondary N) is 2. The van der Waals surface area contributed by atoms with Crippen LogP contribution in [0.5, 0.6) is 0 Å². The van der Waals surface area contributed by atoms with Crippen LogP contribution in [-0.4, -0.2) is 57.0 Å². The molecule has 1 fully saturated rings. The molecule has 1 saturated heterocycles. The fourth-order valence-electron chi connectivity index (χ4n) is 2.44. The van der Waals surface area contributed by atoms with Crippen molar-refractivity contribution in [3.63, 3.8) is 0 Å². The van der Waals surface area contributed by atoms with Gasteiger partial charge < -0.3 is 5.32 Å². The molecule has 0 spiro atoms. The zero-order valence-corrected chi connectivity index (χ0v) is 15.2. The number of thioether (sulfide) groups is 1. The van der Waals surface area contributed by atoms with E-state index in [1.165, 1.54) is 0 Å². The molecular formula is C14H31N3O2S2. The summed E-state index contributed by atoms with van der Waals surface area (Å²) < 4.78 is 28.8. The van der Waals surface area contributed by atoms with Crippen LogP contribution in [0.2, 0.25) is 0 Å². The van der Waals surface area contributed by atoms with Gasteiger partial charge >= 0.3 is 0 Å². The first kappa shape index (κ1) is 19.2. The van der Waals surface area contributed by atoms with Crippen molar-refractivity contribution in [1.82, 2.24) is 14.3 Å². The second-order valence-corrected chi connectivity index (χ2v) is 8.81. The second-order valence-electron chi connectivity index (χ2n) is 5.78. The summed E-state index contributed by atoms with van der Waals surface area (Å²) in [6.07, 6.45) is 5.98. The van der Waals surface area contributed by atoms with E-state index in [2.05, 4.69) is 30.1 Å². The van der Waals surface area contributed by atoms with E-state index in [1.807, 2.05) is 0 Å². The molecule has 1 rings (SSSR count). The van der Waals surface area contributed by atoms with Crippen molar-refractivity contribution in [1.29, 1.82) is 0 Å². The Morgan fingerprint density at radius 1 is 1.29 bits per heavy atom. The lowest BCUT2D eigenvalue weighted by molar-refractivity contribution is 0.265. The lowest BCUT2D eigenvalue weighted by Gasteiger charge is -2.31. The first-order valence-electron chi connectivity index (χ1n) is 7.97. The predicted octanol–water partition coefficient (Wildman–Crippen LogP) is 1.67. The van der Waals surface area contributed by atoms with Crippen LogP contribution in [0.1, 0.15) is 39.5 Å². The molecule has 0 aliphatic carbocycles. The Labute approximate surface area is 134 Å². The summed E-state index contributed by atoms with van der Waals surface area (Å²) in [5, 5.41) is 3.91. The molecule has 0 saturated carbocycles.